The van der Waals surface area contributed by atoms with Crippen molar-refractivity contribution in [1.82, 2.24) is 19.5 Å². The molecule has 4 aromatic heterocycles. The fraction of sp³-hybridized carbons (Fsp3) is 0. The number of rotatable bonds is 4. The summed E-state index contributed by atoms with van der Waals surface area (Å²) in [6.07, 6.45) is 3.65. The van der Waals surface area contributed by atoms with E-state index in [9.17, 15) is 0 Å². The highest BCUT2D eigenvalue weighted by Crippen LogP contribution is 2.37. The van der Waals surface area contributed by atoms with Crippen molar-refractivity contribution in [1.29, 1.82) is 0 Å². The molecule has 8 rings (SSSR count). The zero-order chi connectivity index (χ0) is 26.5. The molecule has 8 aromatic rings. The molecule has 0 aliphatic heterocycles. The molecule has 0 amide bonds. The van der Waals surface area contributed by atoms with E-state index in [1.165, 1.54) is 10.8 Å². The molecule has 0 spiro atoms. The highest BCUT2D eigenvalue weighted by Gasteiger charge is 2.17. The van der Waals surface area contributed by atoms with Crippen LogP contribution in [0.15, 0.2) is 138 Å². The summed E-state index contributed by atoms with van der Waals surface area (Å²) < 4.78 is 8.43. The molecule has 0 N–H and O–H groups in total. The van der Waals surface area contributed by atoms with Gasteiger partial charge in [0.05, 0.1) is 22.4 Å². The summed E-state index contributed by atoms with van der Waals surface area (Å²) in [5.41, 5.74) is 9.67. The molecule has 4 heterocycles. The standard InChI is InChI=1S/C35H22N4O/c1-3-15-31-26(11-1)27-18-17-24(35-38-30-14-2-4-16-33(30)40-35)22-32(27)39(31)25-10-7-9-23(21-25)34-28(12-8-20-37-34)29-13-5-6-19-36-29/h1-22H. The normalized spacial score (nSPS) is 11.5. The van der Waals surface area contributed by atoms with Crippen LogP contribution in [-0.2, 0) is 0 Å². The molecule has 0 bridgehead atoms. The average Bonchev–Trinajstić information content (AvgIpc) is 3.61. The van der Waals surface area contributed by atoms with Gasteiger partial charge in [-0.25, -0.2) is 4.98 Å². The second-order valence-corrected chi connectivity index (χ2v) is 9.74. The van der Waals surface area contributed by atoms with Crippen molar-refractivity contribution in [3.63, 3.8) is 0 Å². The van der Waals surface area contributed by atoms with Crippen LogP contribution in [0, 0.1) is 0 Å². The van der Waals surface area contributed by atoms with Gasteiger partial charge in [-0.15, -0.1) is 0 Å². The van der Waals surface area contributed by atoms with Crippen molar-refractivity contribution in [2.24, 2.45) is 0 Å². The van der Waals surface area contributed by atoms with E-state index in [4.69, 9.17) is 14.4 Å². The summed E-state index contributed by atoms with van der Waals surface area (Å²) >= 11 is 0. The molecule has 0 atom stereocenters. The lowest BCUT2D eigenvalue weighted by Crippen LogP contribution is -1.96. The molecule has 0 fully saturated rings. The van der Waals surface area contributed by atoms with Crippen molar-refractivity contribution in [2.75, 3.05) is 0 Å². The number of fused-ring (bicyclic) bond motifs is 4. The van der Waals surface area contributed by atoms with E-state index in [0.29, 0.717) is 5.89 Å². The van der Waals surface area contributed by atoms with Crippen molar-refractivity contribution >= 4 is 32.9 Å². The fourth-order valence-corrected chi connectivity index (χ4v) is 5.53. The maximum Gasteiger partial charge on any atom is 0.227 e. The summed E-state index contributed by atoms with van der Waals surface area (Å²) in [4.78, 5) is 14.1. The number of hydrogen-bond acceptors (Lipinski definition) is 4. The Kier molecular flexibility index (Phi) is 5.07. The zero-order valence-corrected chi connectivity index (χ0v) is 21.4. The van der Waals surface area contributed by atoms with E-state index in [1.807, 2.05) is 60.9 Å². The third kappa shape index (κ3) is 3.60. The average molecular weight is 515 g/mol. The number of hydrogen-bond donors (Lipinski definition) is 0. The van der Waals surface area contributed by atoms with Gasteiger partial charge in [0.25, 0.3) is 0 Å². The van der Waals surface area contributed by atoms with Crippen LogP contribution in [-0.4, -0.2) is 19.5 Å². The minimum Gasteiger partial charge on any atom is -0.436 e. The number of oxazole rings is 1. The maximum atomic E-state index is 6.12. The first kappa shape index (κ1) is 22.4. The summed E-state index contributed by atoms with van der Waals surface area (Å²) in [5.74, 6) is 0.613. The molecule has 188 valence electrons. The predicted molar refractivity (Wildman–Crippen MR) is 160 cm³/mol. The topological polar surface area (TPSA) is 56.7 Å². The van der Waals surface area contributed by atoms with E-state index >= 15 is 0 Å². The van der Waals surface area contributed by atoms with Gasteiger partial charge in [-0.05, 0) is 66.7 Å². The Morgan fingerprint density at radius 2 is 1.43 bits per heavy atom. The lowest BCUT2D eigenvalue weighted by molar-refractivity contribution is 0.620. The number of para-hydroxylation sites is 3. The third-order valence-corrected chi connectivity index (χ3v) is 7.34. The third-order valence-electron chi connectivity index (χ3n) is 7.34. The minimum atomic E-state index is 0.613. The van der Waals surface area contributed by atoms with Gasteiger partial charge in [-0.3, -0.25) is 9.97 Å². The fourth-order valence-electron chi connectivity index (χ4n) is 5.53. The van der Waals surface area contributed by atoms with Crippen molar-refractivity contribution in [3.8, 4) is 39.7 Å². The van der Waals surface area contributed by atoms with Crippen LogP contribution in [0.3, 0.4) is 0 Å². The van der Waals surface area contributed by atoms with Crippen LogP contribution in [0.1, 0.15) is 0 Å². The zero-order valence-electron chi connectivity index (χ0n) is 21.4. The first-order chi connectivity index (χ1) is 19.8. The van der Waals surface area contributed by atoms with Crippen LogP contribution >= 0.6 is 0 Å². The Morgan fingerprint density at radius 3 is 2.35 bits per heavy atom. The molecule has 0 radical (unpaired) electrons. The highest BCUT2D eigenvalue weighted by atomic mass is 16.3. The van der Waals surface area contributed by atoms with Gasteiger partial charge in [0.15, 0.2) is 5.58 Å². The van der Waals surface area contributed by atoms with Gasteiger partial charge in [0, 0.05) is 45.5 Å². The lowest BCUT2D eigenvalue weighted by atomic mass is 10.0. The van der Waals surface area contributed by atoms with Crippen LogP contribution < -0.4 is 0 Å². The Morgan fingerprint density at radius 1 is 0.575 bits per heavy atom. The summed E-state index contributed by atoms with van der Waals surface area (Å²) in [5, 5.41) is 2.37. The number of nitrogens with zero attached hydrogens (tertiary/aromatic N) is 4. The van der Waals surface area contributed by atoms with E-state index in [1.54, 1.807) is 0 Å². The van der Waals surface area contributed by atoms with Crippen LogP contribution in [0.25, 0.3) is 72.6 Å². The van der Waals surface area contributed by atoms with E-state index < -0.39 is 0 Å². The van der Waals surface area contributed by atoms with Crippen molar-refractivity contribution in [3.05, 3.63) is 134 Å². The predicted octanol–water partition coefficient (Wildman–Crippen LogP) is 8.72. The van der Waals surface area contributed by atoms with Gasteiger partial charge in [0.2, 0.25) is 5.89 Å². The molecule has 5 heteroatoms. The Bertz CT molecular complexity index is 2140. The minimum absolute atomic E-state index is 0.613. The molecule has 0 aliphatic carbocycles. The molecular formula is C35H22N4O. The van der Waals surface area contributed by atoms with E-state index in [-0.39, 0.29) is 0 Å². The quantitative estimate of drug-likeness (QED) is 0.236. The van der Waals surface area contributed by atoms with Gasteiger partial charge in [-0.1, -0.05) is 54.6 Å². The molecule has 0 saturated carbocycles. The molecule has 4 aromatic carbocycles. The van der Waals surface area contributed by atoms with Crippen LogP contribution in [0.4, 0.5) is 0 Å². The van der Waals surface area contributed by atoms with E-state index in [2.05, 4.69) is 82.3 Å². The maximum absolute atomic E-state index is 6.12. The molecule has 0 saturated heterocycles. The van der Waals surface area contributed by atoms with Gasteiger partial charge >= 0.3 is 0 Å². The van der Waals surface area contributed by atoms with E-state index in [0.717, 1.165) is 55.9 Å². The largest absolute Gasteiger partial charge is 0.436 e. The SMILES string of the molecule is c1ccc(-c2cccnc2-c2cccc(-n3c4ccccc4c4ccc(-c5nc6ccccc6o5)cc43)c2)nc1. The van der Waals surface area contributed by atoms with Crippen LogP contribution in [0.5, 0.6) is 0 Å². The summed E-state index contributed by atoms with van der Waals surface area (Å²) in [6.45, 7) is 0. The molecule has 40 heavy (non-hydrogen) atoms. The Hall–Kier alpha value is -5.55. The molecule has 0 aliphatic rings. The van der Waals surface area contributed by atoms with Crippen molar-refractivity contribution < 1.29 is 4.42 Å². The number of aromatic nitrogens is 4. The van der Waals surface area contributed by atoms with Crippen LogP contribution in [0.2, 0.25) is 0 Å². The number of benzene rings is 4. The lowest BCUT2D eigenvalue weighted by Gasteiger charge is -2.12. The first-order valence-corrected chi connectivity index (χ1v) is 13.2. The highest BCUT2D eigenvalue weighted by molar-refractivity contribution is 6.10. The van der Waals surface area contributed by atoms with Gasteiger partial charge < -0.3 is 8.98 Å². The van der Waals surface area contributed by atoms with Gasteiger partial charge in [-0.2, -0.15) is 0 Å². The monoisotopic (exact) mass is 514 g/mol. The Balaban J connectivity index is 1.34. The summed E-state index contributed by atoms with van der Waals surface area (Å²) in [6, 6.07) is 41.3. The molecule has 0 unspecified atom stereocenters. The Labute approximate surface area is 230 Å². The smallest absolute Gasteiger partial charge is 0.227 e. The molecule has 5 nitrogen and oxygen atoms in total. The second kappa shape index (κ2) is 9.03. The molecular weight excluding hydrogens is 492 g/mol. The summed E-state index contributed by atoms with van der Waals surface area (Å²) in [7, 11) is 0. The number of pyridine rings is 2. The van der Waals surface area contributed by atoms with Crippen molar-refractivity contribution in [2.45, 2.75) is 0 Å². The first-order valence-electron chi connectivity index (χ1n) is 13.2. The second-order valence-electron chi connectivity index (χ2n) is 9.74. The van der Waals surface area contributed by atoms with Gasteiger partial charge in [0.1, 0.15) is 5.52 Å².